The number of nitrogens with one attached hydrogen (secondary N) is 1. The SMILES string of the molecule is CCCNC(Cc1ccc(I)cc1)CN(C)C. The largest absolute Gasteiger partial charge is 0.312 e. The van der Waals surface area contributed by atoms with Crippen LogP contribution >= 0.6 is 22.6 Å². The molecule has 1 unspecified atom stereocenters. The average molecular weight is 346 g/mol. The summed E-state index contributed by atoms with van der Waals surface area (Å²) in [6, 6.07) is 9.38. The molecule has 0 spiro atoms. The lowest BCUT2D eigenvalue weighted by Crippen LogP contribution is -2.40. The minimum atomic E-state index is 0.546. The first-order valence-corrected chi connectivity index (χ1v) is 7.32. The maximum Gasteiger partial charge on any atom is 0.0235 e. The van der Waals surface area contributed by atoms with E-state index in [4.69, 9.17) is 0 Å². The van der Waals surface area contributed by atoms with Crippen molar-refractivity contribution in [1.29, 1.82) is 0 Å². The zero-order chi connectivity index (χ0) is 12.7. The summed E-state index contributed by atoms with van der Waals surface area (Å²) >= 11 is 2.35. The van der Waals surface area contributed by atoms with E-state index >= 15 is 0 Å². The van der Waals surface area contributed by atoms with Crippen molar-refractivity contribution in [1.82, 2.24) is 10.2 Å². The van der Waals surface area contributed by atoms with Crippen LogP contribution in [-0.2, 0) is 6.42 Å². The molecular weight excluding hydrogens is 323 g/mol. The van der Waals surface area contributed by atoms with Crippen molar-refractivity contribution >= 4 is 22.6 Å². The van der Waals surface area contributed by atoms with Crippen molar-refractivity contribution in [2.75, 3.05) is 27.2 Å². The van der Waals surface area contributed by atoms with Crippen LogP contribution in [-0.4, -0.2) is 38.1 Å². The lowest BCUT2D eigenvalue weighted by molar-refractivity contribution is 0.336. The van der Waals surface area contributed by atoms with Gasteiger partial charge in [-0.3, -0.25) is 0 Å². The molecule has 0 amide bonds. The molecule has 0 heterocycles. The van der Waals surface area contributed by atoms with E-state index in [1.165, 1.54) is 15.6 Å². The highest BCUT2D eigenvalue weighted by Gasteiger charge is 2.09. The van der Waals surface area contributed by atoms with Crippen LogP contribution in [0.5, 0.6) is 0 Å². The van der Waals surface area contributed by atoms with E-state index in [0.717, 1.165) is 19.5 Å². The first-order chi connectivity index (χ1) is 8.11. The van der Waals surface area contributed by atoms with Crippen molar-refractivity contribution in [3.8, 4) is 0 Å². The molecule has 3 heteroatoms. The third kappa shape index (κ3) is 6.38. The second kappa shape index (κ2) is 8.06. The summed E-state index contributed by atoms with van der Waals surface area (Å²) in [6.45, 7) is 4.40. The van der Waals surface area contributed by atoms with Gasteiger partial charge < -0.3 is 10.2 Å². The maximum absolute atomic E-state index is 3.62. The van der Waals surface area contributed by atoms with Crippen LogP contribution in [0.2, 0.25) is 0 Å². The Morgan fingerprint density at radius 2 is 1.88 bits per heavy atom. The van der Waals surface area contributed by atoms with Crippen molar-refractivity contribution < 1.29 is 0 Å². The van der Waals surface area contributed by atoms with Crippen molar-refractivity contribution in [3.63, 3.8) is 0 Å². The Labute approximate surface area is 119 Å². The van der Waals surface area contributed by atoms with E-state index in [2.05, 4.69) is 78.1 Å². The van der Waals surface area contributed by atoms with Gasteiger partial charge in [-0.1, -0.05) is 19.1 Å². The van der Waals surface area contributed by atoms with Crippen LogP contribution in [0.1, 0.15) is 18.9 Å². The molecular formula is C14H23IN2. The molecule has 1 aromatic carbocycles. The normalized spacial score (nSPS) is 13.0. The summed E-state index contributed by atoms with van der Waals surface area (Å²) in [4.78, 5) is 2.25. The molecule has 0 aliphatic rings. The number of hydrogen-bond acceptors (Lipinski definition) is 2. The van der Waals surface area contributed by atoms with Gasteiger partial charge in [0.15, 0.2) is 0 Å². The zero-order valence-electron chi connectivity index (χ0n) is 11.0. The molecule has 0 radical (unpaired) electrons. The molecule has 1 rings (SSSR count). The quantitative estimate of drug-likeness (QED) is 0.764. The highest BCUT2D eigenvalue weighted by atomic mass is 127. The van der Waals surface area contributed by atoms with Crippen molar-refractivity contribution in [2.45, 2.75) is 25.8 Å². The molecule has 1 N–H and O–H groups in total. The number of rotatable bonds is 7. The third-order valence-electron chi connectivity index (χ3n) is 2.66. The van der Waals surface area contributed by atoms with E-state index < -0.39 is 0 Å². The predicted octanol–water partition coefficient (Wildman–Crippen LogP) is 2.76. The van der Waals surface area contributed by atoms with E-state index in [-0.39, 0.29) is 0 Å². The second-order valence-corrected chi connectivity index (χ2v) is 5.99. The van der Waals surface area contributed by atoms with Gasteiger partial charge in [0, 0.05) is 16.2 Å². The number of hydrogen-bond donors (Lipinski definition) is 1. The molecule has 0 aliphatic heterocycles. The fraction of sp³-hybridized carbons (Fsp3) is 0.571. The minimum absolute atomic E-state index is 0.546. The second-order valence-electron chi connectivity index (χ2n) is 4.74. The molecule has 0 bridgehead atoms. The molecule has 17 heavy (non-hydrogen) atoms. The third-order valence-corrected chi connectivity index (χ3v) is 3.38. The molecule has 1 atom stereocenters. The fourth-order valence-corrected chi connectivity index (χ4v) is 2.26. The van der Waals surface area contributed by atoms with Crippen LogP contribution in [0.3, 0.4) is 0 Å². The zero-order valence-corrected chi connectivity index (χ0v) is 13.2. The summed E-state index contributed by atoms with van der Waals surface area (Å²) < 4.78 is 1.30. The molecule has 2 nitrogen and oxygen atoms in total. The summed E-state index contributed by atoms with van der Waals surface area (Å²) in [7, 11) is 4.27. The predicted molar refractivity (Wildman–Crippen MR) is 83.5 cm³/mol. The first-order valence-electron chi connectivity index (χ1n) is 6.24. The van der Waals surface area contributed by atoms with Gasteiger partial charge in [-0.25, -0.2) is 0 Å². The van der Waals surface area contributed by atoms with E-state index in [1.54, 1.807) is 0 Å². The smallest absolute Gasteiger partial charge is 0.0235 e. The van der Waals surface area contributed by atoms with E-state index in [0.29, 0.717) is 6.04 Å². The van der Waals surface area contributed by atoms with E-state index in [1.807, 2.05) is 0 Å². The van der Waals surface area contributed by atoms with Crippen LogP contribution in [0.4, 0.5) is 0 Å². The fourth-order valence-electron chi connectivity index (χ4n) is 1.90. The Morgan fingerprint density at radius 3 is 2.41 bits per heavy atom. The summed E-state index contributed by atoms with van der Waals surface area (Å²) in [6.07, 6.45) is 2.30. The highest BCUT2D eigenvalue weighted by Crippen LogP contribution is 2.09. The van der Waals surface area contributed by atoms with Crippen LogP contribution in [0.15, 0.2) is 24.3 Å². The molecule has 0 saturated heterocycles. The molecule has 0 aliphatic carbocycles. The van der Waals surface area contributed by atoms with Gasteiger partial charge in [0.2, 0.25) is 0 Å². The van der Waals surface area contributed by atoms with Gasteiger partial charge in [-0.05, 0) is 73.8 Å². The van der Waals surface area contributed by atoms with Crippen LogP contribution < -0.4 is 5.32 Å². The number of likely N-dealkylation sites (N-methyl/N-ethyl adjacent to an activating group) is 1. The lowest BCUT2D eigenvalue weighted by atomic mass is 10.1. The topological polar surface area (TPSA) is 15.3 Å². The van der Waals surface area contributed by atoms with Crippen LogP contribution in [0, 0.1) is 3.57 Å². The average Bonchev–Trinajstić information content (AvgIpc) is 2.28. The van der Waals surface area contributed by atoms with E-state index in [9.17, 15) is 0 Å². The summed E-state index contributed by atoms with van der Waals surface area (Å²) in [5.74, 6) is 0. The van der Waals surface area contributed by atoms with Gasteiger partial charge >= 0.3 is 0 Å². The van der Waals surface area contributed by atoms with Crippen molar-refractivity contribution in [3.05, 3.63) is 33.4 Å². The lowest BCUT2D eigenvalue weighted by Gasteiger charge is -2.22. The number of nitrogens with zero attached hydrogens (tertiary/aromatic N) is 1. The minimum Gasteiger partial charge on any atom is -0.312 e. The molecule has 96 valence electrons. The molecule has 0 fully saturated rings. The Kier molecular flexibility index (Phi) is 7.08. The Balaban J connectivity index is 2.54. The summed E-state index contributed by atoms with van der Waals surface area (Å²) in [5, 5.41) is 3.62. The maximum atomic E-state index is 3.62. The van der Waals surface area contributed by atoms with Gasteiger partial charge in [-0.2, -0.15) is 0 Å². The Hall–Kier alpha value is -0.130. The Bertz CT molecular complexity index is 309. The highest BCUT2D eigenvalue weighted by molar-refractivity contribution is 14.1. The first kappa shape index (κ1) is 14.9. The van der Waals surface area contributed by atoms with Gasteiger partial charge in [0.05, 0.1) is 0 Å². The van der Waals surface area contributed by atoms with Crippen LogP contribution in [0.25, 0.3) is 0 Å². The number of benzene rings is 1. The standard InChI is InChI=1S/C14H23IN2/c1-4-9-16-14(11-17(2)3)10-12-5-7-13(15)8-6-12/h5-8,14,16H,4,9-11H2,1-3H3. The van der Waals surface area contributed by atoms with Gasteiger partial charge in [-0.15, -0.1) is 0 Å². The number of halogens is 1. The molecule has 0 saturated carbocycles. The Morgan fingerprint density at radius 1 is 1.24 bits per heavy atom. The van der Waals surface area contributed by atoms with Crippen molar-refractivity contribution in [2.24, 2.45) is 0 Å². The molecule has 0 aromatic heterocycles. The van der Waals surface area contributed by atoms with Gasteiger partial charge in [0.1, 0.15) is 0 Å². The monoisotopic (exact) mass is 346 g/mol. The molecule has 1 aromatic rings. The van der Waals surface area contributed by atoms with Gasteiger partial charge in [0.25, 0.3) is 0 Å². The summed E-state index contributed by atoms with van der Waals surface area (Å²) in [5.41, 5.74) is 1.42.